The van der Waals surface area contributed by atoms with Crippen LogP contribution >= 0.6 is 0 Å². The van der Waals surface area contributed by atoms with Gasteiger partial charge in [-0.15, -0.1) is 5.10 Å². The van der Waals surface area contributed by atoms with Gasteiger partial charge in [0.2, 0.25) is 11.7 Å². The Morgan fingerprint density at radius 3 is 2.30 bits per heavy atom. The number of hydrogen-bond donors (Lipinski definition) is 5. The van der Waals surface area contributed by atoms with Gasteiger partial charge in [-0.1, -0.05) is 90.1 Å². The molecule has 50 heavy (non-hydrogen) atoms. The van der Waals surface area contributed by atoms with Crippen molar-refractivity contribution in [3.63, 3.8) is 0 Å². The van der Waals surface area contributed by atoms with Gasteiger partial charge in [-0.2, -0.15) is 0 Å². The minimum absolute atomic E-state index is 0. The molecule has 0 aliphatic carbocycles. The number of carboxylic acid groups (broad SMARTS) is 1. The maximum atomic E-state index is 12.7. The summed E-state index contributed by atoms with van der Waals surface area (Å²) in [4.78, 5) is 25.1. The van der Waals surface area contributed by atoms with Gasteiger partial charge >= 0.3 is 29.6 Å². The van der Waals surface area contributed by atoms with E-state index in [0.29, 0.717) is 5.69 Å². The zero-order valence-corrected chi connectivity index (χ0v) is 29.6. The first-order chi connectivity index (χ1) is 23.7. The average Bonchev–Trinajstić information content (AvgIpc) is 3.60. The van der Waals surface area contributed by atoms with E-state index < -0.39 is 67.8 Å². The summed E-state index contributed by atoms with van der Waals surface area (Å²) in [5.74, 6) is -5.07. The van der Waals surface area contributed by atoms with Gasteiger partial charge in [0.25, 0.3) is 0 Å². The van der Waals surface area contributed by atoms with Crippen LogP contribution in [0.2, 0.25) is 0 Å². The molecule has 0 radical (unpaired) electrons. The molecule has 6 atom stereocenters. The first-order valence-corrected chi connectivity index (χ1v) is 15.8. The molecule has 2 heterocycles. The predicted molar refractivity (Wildman–Crippen MR) is 172 cm³/mol. The van der Waals surface area contributed by atoms with Gasteiger partial charge in [-0.3, -0.25) is 9.48 Å². The van der Waals surface area contributed by atoms with E-state index in [0.717, 1.165) is 22.3 Å². The van der Waals surface area contributed by atoms with Crippen LogP contribution in [0.3, 0.4) is 0 Å². The summed E-state index contributed by atoms with van der Waals surface area (Å²) in [6.07, 6.45) is -5.74. The van der Waals surface area contributed by atoms with Crippen molar-refractivity contribution in [1.82, 2.24) is 20.3 Å². The molecule has 1 aromatic heterocycles. The van der Waals surface area contributed by atoms with E-state index in [9.17, 15) is 35.1 Å². The second kappa shape index (κ2) is 18.6. The number of aliphatic hydroxyl groups is 4. The van der Waals surface area contributed by atoms with Crippen LogP contribution in [0.1, 0.15) is 18.4 Å². The number of benzene rings is 3. The van der Waals surface area contributed by atoms with E-state index in [-0.39, 0.29) is 55.7 Å². The number of aliphatic hydroxyl groups excluding tert-OH is 4. The minimum atomic E-state index is -2.54. The molecule has 1 aliphatic rings. The van der Waals surface area contributed by atoms with E-state index in [2.05, 4.69) is 15.6 Å². The Morgan fingerprint density at radius 1 is 1.00 bits per heavy atom. The number of carbonyl (C=O) groups excluding carboxylic acids is 2. The predicted octanol–water partition coefficient (Wildman–Crippen LogP) is -2.97. The first-order valence-electron chi connectivity index (χ1n) is 15.8. The molecule has 1 aliphatic heterocycles. The molecule has 1 fully saturated rings. The van der Waals surface area contributed by atoms with Crippen molar-refractivity contribution in [1.29, 1.82) is 0 Å². The van der Waals surface area contributed by atoms with Gasteiger partial charge < -0.3 is 49.9 Å². The first kappa shape index (κ1) is 39.2. The Balaban J connectivity index is 0.00000562. The van der Waals surface area contributed by atoms with Crippen LogP contribution in [0, 0.1) is 0 Å². The number of carboxylic acids is 1. The maximum absolute atomic E-state index is 12.7. The Morgan fingerprint density at radius 2 is 1.64 bits per heavy atom. The van der Waals surface area contributed by atoms with E-state index in [1.807, 2.05) is 84.9 Å². The third-order valence-corrected chi connectivity index (χ3v) is 8.17. The molecule has 4 aromatic rings. The third-order valence-electron chi connectivity index (χ3n) is 8.17. The van der Waals surface area contributed by atoms with Crippen LogP contribution in [0.4, 0.5) is 0 Å². The quantitative estimate of drug-likeness (QED) is 0.0588. The van der Waals surface area contributed by atoms with Crippen molar-refractivity contribution >= 4 is 11.9 Å². The standard InChI is InChI=1S/C35H40N4O10.Na/c40-20-29(42)32(44)33-31(36-30(43)22-47-21-23-8-3-1-4-9-23)28(41)18-35(49-33,34(45)46)48-17-7-16-39-19-27(37-38-39)26-14-12-25(13-15-26)24-10-5-2-6-11-24;/h1-6,8-15,19,28-29,31-33,40-42,44H,7,16-18,20-22H2,(H,36,43)(H,45,46);/q;+1/p-1/t28-,29+,31+,32+,33+,35+;/m0./s1. The SMILES string of the molecule is O=C(COCc1ccccc1)N[C@H]1[C@H]([C@H](O)[C@H](O)CO)O[C@@](OCCCn2cc(-c3ccc(-c4ccccc4)cc3)nn2)(C(=O)[O-])C[C@@H]1O.[Na+]. The zero-order chi connectivity index (χ0) is 34.8. The average molecular weight is 699 g/mol. The van der Waals surface area contributed by atoms with E-state index in [1.165, 1.54) is 0 Å². The van der Waals surface area contributed by atoms with Crippen molar-refractivity contribution in [3.8, 4) is 22.4 Å². The second-order valence-corrected chi connectivity index (χ2v) is 11.7. The van der Waals surface area contributed by atoms with Crippen molar-refractivity contribution < 1.29 is 78.9 Å². The second-order valence-electron chi connectivity index (χ2n) is 11.7. The van der Waals surface area contributed by atoms with Crippen LogP contribution in [-0.4, -0.2) is 103 Å². The van der Waals surface area contributed by atoms with Crippen LogP contribution < -0.4 is 40.0 Å². The minimum Gasteiger partial charge on any atom is -0.544 e. The number of rotatable bonds is 16. The Labute approximate surface area is 310 Å². The number of aryl methyl sites for hydroxylation is 1. The molecular formula is C35H39N4NaO10. The summed E-state index contributed by atoms with van der Waals surface area (Å²) in [5, 5.41) is 64.6. The smallest absolute Gasteiger partial charge is 0.544 e. The number of nitrogens with zero attached hydrogens (tertiary/aromatic N) is 3. The van der Waals surface area contributed by atoms with Gasteiger partial charge in [-0.05, 0) is 23.1 Å². The molecule has 0 unspecified atom stereocenters. The molecule has 5 rings (SSSR count). The Kier molecular flexibility index (Phi) is 14.6. The number of aromatic nitrogens is 3. The Bertz CT molecular complexity index is 1650. The molecule has 1 amide bonds. The molecule has 0 spiro atoms. The van der Waals surface area contributed by atoms with Gasteiger partial charge in [0.1, 0.15) is 36.6 Å². The van der Waals surface area contributed by atoms with Crippen molar-refractivity contribution in [2.24, 2.45) is 0 Å². The van der Waals surface area contributed by atoms with Crippen LogP contribution in [0.5, 0.6) is 0 Å². The largest absolute Gasteiger partial charge is 1.00 e. The number of aliphatic carboxylic acids is 1. The number of nitrogens with one attached hydrogen (secondary N) is 1. The molecule has 0 bridgehead atoms. The van der Waals surface area contributed by atoms with Crippen LogP contribution in [0.15, 0.2) is 91.1 Å². The molecule has 1 saturated heterocycles. The van der Waals surface area contributed by atoms with Gasteiger partial charge in [0, 0.05) is 18.5 Å². The number of hydrogen-bond acceptors (Lipinski definition) is 12. The monoisotopic (exact) mass is 698 g/mol. The summed E-state index contributed by atoms with van der Waals surface area (Å²) in [6.45, 7) is -1.11. The molecule has 14 nitrogen and oxygen atoms in total. The molecule has 5 N–H and O–H groups in total. The fourth-order valence-electron chi connectivity index (χ4n) is 5.56. The summed E-state index contributed by atoms with van der Waals surface area (Å²) < 4.78 is 18.3. The van der Waals surface area contributed by atoms with Crippen LogP contribution in [0.25, 0.3) is 22.4 Å². The molecular weight excluding hydrogens is 659 g/mol. The van der Waals surface area contributed by atoms with Gasteiger partial charge in [-0.25, -0.2) is 0 Å². The van der Waals surface area contributed by atoms with Gasteiger partial charge in [0.15, 0.2) is 0 Å². The van der Waals surface area contributed by atoms with Crippen molar-refractivity contribution in [2.45, 2.75) is 62.2 Å². The summed E-state index contributed by atoms with van der Waals surface area (Å²) in [6, 6.07) is 25.5. The fraction of sp³-hybridized carbons (Fsp3) is 0.371. The van der Waals surface area contributed by atoms with Crippen molar-refractivity contribution in [2.75, 3.05) is 19.8 Å². The summed E-state index contributed by atoms with van der Waals surface area (Å²) >= 11 is 0. The number of ether oxygens (including phenoxy) is 3. The normalized spacial score (nSPS) is 21.5. The van der Waals surface area contributed by atoms with Crippen LogP contribution in [-0.2, 0) is 37.0 Å². The third kappa shape index (κ3) is 10.0. The van der Waals surface area contributed by atoms with E-state index in [1.54, 1.807) is 10.9 Å². The van der Waals surface area contributed by atoms with Crippen molar-refractivity contribution in [3.05, 3.63) is 96.7 Å². The maximum Gasteiger partial charge on any atom is 1.00 e. The molecule has 0 saturated carbocycles. The van der Waals surface area contributed by atoms with Gasteiger partial charge in [0.05, 0.1) is 38.2 Å². The van der Waals surface area contributed by atoms with E-state index >= 15 is 0 Å². The number of amides is 1. The number of carbonyl (C=O) groups is 2. The summed E-state index contributed by atoms with van der Waals surface area (Å²) in [7, 11) is 0. The topological polar surface area (TPSA) is 209 Å². The Hall–Kier alpha value is -3.54. The summed E-state index contributed by atoms with van der Waals surface area (Å²) in [5.41, 5.74) is 4.49. The zero-order valence-electron chi connectivity index (χ0n) is 27.6. The molecule has 260 valence electrons. The molecule has 3 aromatic carbocycles. The fourth-order valence-corrected chi connectivity index (χ4v) is 5.56. The molecule has 15 heteroatoms. The van der Waals surface area contributed by atoms with E-state index in [4.69, 9.17) is 14.2 Å².